The standard InChI is InChI=1S/C11H14N2O4/c1-17-11(14)9(7-12)6-8-2-4-10(5-3-8)13(15)16/h2-5,9H,6-7,12H2,1H3. The predicted octanol–water partition coefficient (Wildman–Crippen LogP) is 0.885. The zero-order valence-corrected chi connectivity index (χ0v) is 9.46. The normalized spacial score (nSPS) is 11.9. The topological polar surface area (TPSA) is 95.5 Å². The minimum atomic E-state index is -0.468. The van der Waals surface area contributed by atoms with E-state index < -0.39 is 10.8 Å². The Kier molecular flexibility index (Phi) is 4.59. The molecule has 2 N–H and O–H groups in total. The molecular formula is C11H14N2O4. The Hall–Kier alpha value is -1.95. The summed E-state index contributed by atoms with van der Waals surface area (Å²) in [5.41, 5.74) is 6.31. The molecule has 0 aliphatic carbocycles. The Morgan fingerprint density at radius 3 is 2.47 bits per heavy atom. The first-order valence-electron chi connectivity index (χ1n) is 5.09. The van der Waals surface area contributed by atoms with Crippen molar-refractivity contribution in [3.8, 4) is 0 Å². The van der Waals surface area contributed by atoms with Gasteiger partial charge in [-0.2, -0.15) is 0 Å². The minimum absolute atomic E-state index is 0.0242. The Morgan fingerprint density at radius 2 is 2.06 bits per heavy atom. The lowest BCUT2D eigenvalue weighted by Crippen LogP contribution is -2.26. The molecule has 0 radical (unpaired) electrons. The van der Waals surface area contributed by atoms with Crippen molar-refractivity contribution in [3.05, 3.63) is 39.9 Å². The van der Waals surface area contributed by atoms with E-state index in [1.165, 1.54) is 19.2 Å². The smallest absolute Gasteiger partial charge is 0.310 e. The van der Waals surface area contributed by atoms with Crippen LogP contribution in [0.5, 0.6) is 0 Å². The largest absolute Gasteiger partial charge is 0.469 e. The maximum Gasteiger partial charge on any atom is 0.310 e. The molecule has 1 rings (SSSR count). The van der Waals surface area contributed by atoms with Crippen LogP contribution in [0.1, 0.15) is 5.56 Å². The maximum atomic E-state index is 11.3. The summed E-state index contributed by atoms with van der Waals surface area (Å²) < 4.78 is 4.61. The van der Waals surface area contributed by atoms with Crippen molar-refractivity contribution in [1.29, 1.82) is 0 Å². The lowest BCUT2D eigenvalue weighted by molar-refractivity contribution is -0.384. The van der Waals surface area contributed by atoms with Crippen molar-refractivity contribution in [2.24, 2.45) is 11.7 Å². The highest BCUT2D eigenvalue weighted by atomic mass is 16.6. The first kappa shape index (κ1) is 13.1. The molecule has 1 unspecified atom stereocenters. The van der Waals surface area contributed by atoms with E-state index in [0.29, 0.717) is 6.42 Å². The predicted molar refractivity (Wildman–Crippen MR) is 61.4 cm³/mol. The van der Waals surface area contributed by atoms with E-state index in [2.05, 4.69) is 4.74 Å². The molecule has 0 heterocycles. The number of nitro groups is 1. The number of non-ortho nitro benzene ring substituents is 1. The SMILES string of the molecule is COC(=O)C(CN)Cc1ccc([N+](=O)[O-])cc1. The number of hydrogen-bond donors (Lipinski definition) is 1. The van der Waals surface area contributed by atoms with Gasteiger partial charge in [0, 0.05) is 18.7 Å². The number of nitrogens with two attached hydrogens (primary N) is 1. The average Bonchev–Trinajstić information content (AvgIpc) is 2.35. The lowest BCUT2D eigenvalue weighted by Gasteiger charge is -2.11. The molecule has 0 spiro atoms. The number of esters is 1. The Balaban J connectivity index is 2.74. The molecule has 92 valence electrons. The highest BCUT2D eigenvalue weighted by molar-refractivity contribution is 5.72. The Bertz CT molecular complexity index is 402. The number of nitro benzene ring substituents is 1. The van der Waals surface area contributed by atoms with Crippen molar-refractivity contribution in [3.63, 3.8) is 0 Å². The van der Waals surface area contributed by atoms with Crippen LogP contribution in [-0.2, 0) is 16.0 Å². The van der Waals surface area contributed by atoms with Crippen molar-refractivity contribution >= 4 is 11.7 Å². The summed E-state index contributed by atoms with van der Waals surface area (Å²) in [6, 6.07) is 6.04. The molecule has 6 heteroatoms. The molecule has 0 aliphatic rings. The summed E-state index contributed by atoms with van der Waals surface area (Å²) in [6.07, 6.45) is 0.418. The van der Waals surface area contributed by atoms with Crippen LogP contribution in [0.25, 0.3) is 0 Å². The fourth-order valence-corrected chi connectivity index (χ4v) is 1.47. The maximum absolute atomic E-state index is 11.3. The van der Waals surface area contributed by atoms with E-state index in [1.54, 1.807) is 12.1 Å². The van der Waals surface area contributed by atoms with Crippen molar-refractivity contribution in [2.75, 3.05) is 13.7 Å². The minimum Gasteiger partial charge on any atom is -0.469 e. The fraction of sp³-hybridized carbons (Fsp3) is 0.364. The van der Waals surface area contributed by atoms with Gasteiger partial charge in [0.1, 0.15) is 0 Å². The van der Waals surface area contributed by atoms with Gasteiger partial charge in [-0.1, -0.05) is 12.1 Å². The molecule has 0 amide bonds. The van der Waals surface area contributed by atoms with E-state index in [0.717, 1.165) is 5.56 Å². The van der Waals surface area contributed by atoms with E-state index in [1.807, 2.05) is 0 Å². The fourth-order valence-electron chi connectivity index (χ4n) is 1.47. The third-order valence-corrected chi connectivity index (χ3v) is 2.45. The van der Waals surface area contributed by atoms with Gasteiger partial charge in [-0.25, -0.2) is 0 Å². The van der Waals surface area contributed by atoms with Crippen LogP contribution in [-0.4, -0.2) is 24.5 Å². The number of nitrogens with zero attached hydrogens (tertiary/aromatic N) is 1. The number of methoxy groups -OCH3 is 1. The molecule has 0 bridgehead atoms. The number of hydrogen-bond acceptors (Lipinski definition) is 5. The van der Waals surface area contributed by atoms with Crippen molar-refractivity contribution in [1.82, 2.24) is 0 Å². The second kappa shape index (κ2) is 5.95. The summed E-state index contributed by atoms with van der Waals surface area (Å²) in [7, 11) is 1.31. The number of benzene rings is 1. The molecule has 1 aromatic rings. The summed E-state index contributed by atoms with van der Waals surface area (Å²) in [5, 5.41) is 10.5. The summed E-state index contributed by atoms with van der Waals surface area (Å²) in [4.78, 5) is 21.3. The monoisotopic (exact) mass is 238 g/mol. The zero-order chi connectivity index (χ0) is 12.8. The van der Waals surface area contributed by atoms with Gasteiger partial charge in [0.2, 0.25) is 0 Å². The van der Waals surface area contributed by atoms with Crippen LogP contribution in [0, 0.1) is 16.0 Å². The molecule has 0 saturated heterocycles. The first-order chi connectivity index (χ1) is 8.08. The van der Waals surface area contributed by atoms with Gasteiger partial charge in [-0.3, -0.25) is 14.9 Å². The molecule has 17 heavy (non-hydrogen) atoms. The second-order valence-electron chi connectivity index (χ2n) is 3.58. The van der Waals surface area contributed by atoms with E-state index in [4.69, 9.17) is 5.73 Å². The van der Waals surface area contributed by atoms with Crippen LogP contribution >= 0.6 is 0 Å². The third kappa shape index (κ3) is 3.53. The molecular weight excluding hydrogens is 224 g/mol. The molecule has 1 aromatic carbocycles. The molecule has 0 aromatic heterocycles. The van der Waals surface area contributed by atoms with Crippen LogP contribution in [0.4, 0.5) is 5.69 Å². The lowest BCUT2D eigenvalue weighted by atomic mass is 9.99. The zero-order valence-electron chi connectivity index (χ0n) is 9.46. The summed E-state index contributed by atoms with van der Waals surface area (Å²) in [6.45, 7) is 0.184. The average molecular weight is 238 g/mol. The van der Waals surface area contributed by atoms with Crippen LogP contribution < -0.4 is 5.73 Å². The van der Waals surface area contributed by atoms with Gasteiger partial charge in [0.15, 0.2) is 0 Å². The van der Waals surface area contributed by atoms with Crippen LogP contribution in [0.15, 0.2) is 24.3 Å². The van der Waals surface area contributed by atoms with Gasteiger partial charge in [0.05, 0.1) is 18.0 Å². The number of carbonyl (C=O) groups excluding carboxylic acids is 1. The number of carbonyl (C=O) groups is 1. The van der Waals surface area contributed by atoms with E-state index >= 15 is 0 Å². The van der Waals surface area contributed by atoms with Crippen LogP contribution in [0.2, 0.25) is 0 Å². The van der Waals surface area contributed by atoms with Gasteiger partial charge < -0.3 is 10.5 Å². The van der Waals surface area contributed by atoms with Gasteiger partial charge in [0.25, 0.3) is 5.69 Å². The summed E-state index contributed by atoms with van der Waals surface area (Å²) >= 11 is 0. The molecule has 6 nitrogen and oxygen atoms in total. The molecule has 1 atom stereocenters. The van der Waals surface area contributed by atoms with E-state index in [-0.39, 0.29) is 18.2 Å². The Morgan fingerprint density at radius 1 is 1.47 bits per heavy atom. The first-order valence-corrected chi connectivity index (χ1v) is 5.09. The number of rotatable bonds is 5. The highest BCUT2D eigenvalue weighted by Gasteiger charge is 2.18. The second-order valence-corrected chi connectivity index (χ2v) is 3.58. The third-order valence-electron chi connectivity index (χ3n) is 2.45. The van der Waals surface area contributed by atoms with Gasteiger partial charge in [-0.05, 0) is 12.0 Å². The van der Waals surface area contributed by atoms with Crippen LogP contribution in [0.3, 0.4) is 0 Å². The van der Waals surface area contributed by atoms with Gasteiger partial charge in [-0.15, -0.1) is 0 Å². The number of ether oxygens (including phenoxy) is 1. The molecule has 0 aliphatic heterocycles. The molecule has 0 fully saturated rings. The van der Waals surface area contributed by atoms with Crippen molar-refractivity contribution < 1.29 is 14.5 Å². The summed E-state index contributed by atoms with van der Waals surface area (Å²) in [5.74, 6) is -0.785. The quantitative estimate of drug-likeness (QED) is 0.466. The highest BCUT2D eigenvalue weighted by Crippen LogP contribution is 2.15. The molecule has 0 saturated carbocycles. The van der Waals surface area contributed by atoms with Crippen molar-refractivity contribution in [2.45, 2.75) is 6.42 Å². The van der Waals surface area contributed by atoms with E-state index in [9.17, 15) is 14.9 Å². The Labute approximate surface area is 98.5 Å². The van der Waals surface area contributed by atoms with Gasteiger partial charge >= 0.3 is 5.97 Å².